The van der Waals surface area contributed by atoms with Gasteiger partial charge in [-0.3, -0.25) is 0 Å². The minimum Gasteiger partial charge on any atom is -0.394 e. The summed E-state index contributed by atoms with van der Waals surface area (Å²) in [5, 5.41) is 41.6. The molecule has 0 radical (unpaired) electrons. The van der Waals surface area contributed by atoms with Gasteiger partial charge in [0.2, 0.25) is 0 Å². The van der Waals surface area contributed by atoms with Crippen molar-refractivity contribution < 1.29 is 25.2 Å². The number of rotatable bonds is 2. The molecular weight excluding hydrogens is 216 g/mol. The molecule has 2 rings (SSSR count). The second-order valence-corrected chi connectivity index (χ2v) is 3.71. The highest BCUT2D eigenvalue weighted by molar-refractivity contribution is 4.92. The van der Waals surface area contributed by atoms with Gasteiger partial charge >= 0.3 is 0 Å². The fourth-order valence-corrected chi connectivity index (χ4v) is 1.73. The maximum Gasteiger partial charge on any atom is 0.179 e. The topological polar surface area (TPSA) is 108 Å². The number of hydrogen-bond acceptors (Lipinski definition) is 6. The van der Waals surface area contributed by atoms with Crippen LogP contribution in [0.5, 0.6) is 0 Å². The van der Waals surface area contributed by atoms with E-state index in [4.69, 9.17) is 9.84 Å². The molecule has 1 fully saturated rings. The molecular formula is C9H14N2O5. The number of ether oxygens (including phenoxy) is 1. The lowest BCUT2D eigenvalue weighted by Gasteiger charge is -2.39. The first-order valence-corrected chi connectivity index (χ1v) is 4.95. The van der Waals surface area contributed by atoms with E-state index >= 15 is 0 Å². The van der Waals surface area contributed by atoms with Gasteiger partial charge < -0.3 is 25.2 Å². The Hall–Kier alpha value is -0.990. The normalized spacial score (nSPS) is 39.9. The predicted molar refractivity (Wildman–Crippen MR) is 51.2 cm³/mol. The van der Waals surface area contributed by atoms with Crippen molar-refractivity contribution in [1.82, 2.24) is 9.78 Å². The lowest BCUT2D eigenvalue weighted by molar-refractivity contribution is -0.253. The molecule has 0 unspecified atom stereocenters. The van der Waals surface area contributed by atoms with Crippen LogP contribution in [0.1, 0.15) is 6.23 Å². The third-order valence-corrected chi connectivity index (χ3v) is 2.65. The average Bonchev–Trinajstić information content (AvgIpc) is 2.80. The molecule has 1 aliphatic heterocycles. The molecule has 16 heavy (non-hydrogen) atoms. The van der Waals surface area contributed by atoms with Gasteiger partial charge in [0.05, 0.1) is 6.61 Å². The van der Waals surface area contributed by atoms with Gasteiger partial charge in [0.15, 0.2) is 6.23 Å². The third-order valence-electron chi connectivity index (χ3n) is 2.65. The molecule has 5 atom stereocenters. The molecule has 2 heterocycles. The number of hydrogen-bond donors (Lipinski definition) is 4. The van der Waals surface area contributed by atoms with Crippen LogP contribution in [0.25, 0.3) is 0 Å². The Kier molecular flexibility index (Phi) is 3.22. The zero-order chi connectivity index (χ0) is 11.7. The van der Waals surface area contributed by atoms with E-state index in [1.807, 2.05) is 0 Å². The van der Waals surface area contributed by atoms with Crippen molar-refractivity contribution in [2.24, 2.45) is 0 Å². The van der Waals surface area contributed by atoms with Crippen LogP contribution in [0.15, 0.2) is 18.5 Å². The monoisotopic (exact) mass is 230 g/mol. The summed E-state index contributed by atoms with van der Waals surface area (Å²) < 4.78 is 6.59. The van der Waals surface area contributed by atoms with Gasteiger partial charge in [-0.15, -0.1) is 0 Å². The Morgan fingerprint density at radius 1 is 1.19 bits per heavy atom. The molecule has 1 saturated heterocycles. The van der Waals surface area contributed by atoms with Crippen LogP contribution in [0, 0.1) is 0 Å². The molecule has 0 aliphatic carbocycles. The number of aliphatic hydroxyl groups is 4. The fourth-order valence-electron chi connectivity index (χ4n) is 1.73. The highest BCUT2D eigenvalue weighted by atomic mass is 16.6. The number of nitrogens with zero attached hydrogens (tertiary/aromatic N) is 2. The Labute approximate surface area is 91.5 Å². The van der Waals surface area contributed by atoms with Crippen molar-refractivity contribution in [3.63, 3.8) is 0 Å². The van der Waals surface area contributed by atoms with Crippen LogP contribution in [0.3, 0.4) is 0 Å². The van der Waals surface area contributed by atoms with Crippen molar-refractivity contribution in [3.05, 3.63) is 18.5 Å². The summed E-state index contributed by atoms with van der Waals surface area (Å²) in [7, 11) is 0. The zero-order valence-electron chi connectivity index (χ0n) is 8.42. The largest absolute Gasteiger partial charge is 0.394 e. The molecule has 1 aromatic heterocycles. The summed E-state index contributed by atoms with van der Waals surface area (Å²) in [5.74, 6) is 0. The number of aromatic nitrogens is 2. The Morgan fingerprint density at radius 2 is 1.94 bits per heavy atom. The number of aliphatic hydroxyl groups excluding tert-OH is 4. The molecule has 0 saturated carbocycles. The molecule has 1 aromatic rings. The van der Waals surface area contributed by atoms with Crippen molar-refractivity contribution in [2.45, 2.75) is 30.6 Å². The SMILES string of the molecule is OC[C@H]1O[C@@H](n2cccn2)[C@H](O)[C@@H](O)[C@@H]1O. The molecule has 4 N–H and O–H groups in total. The van der Waals surface area contributed by atoms with Gasteiger partial charge in [-0.1, -0.05) is 0 Å². The second-order valence-electron chi connectivity index (χ2n) is 3.71. The van der Waals surface area contributed by atoms with Gasteiger partial charge in [0.25, 0.3) is 0 Å². The summed E-state index contributed by atoms with van der Waals surface area (Å²) in [4.78, 5) is 0. The summed E-state index contributed by atoms with van der Waals surface area (Å²) in [6, 6.07) is 1.64. The van der Waals surface area contributed by atoms with E-state index in [1.165, 1.54) is 10.9 Å². The summed E-state index contributed by atoms with van der Waals surface area (Å²) in [6.45, 7) is -0.442. The van der Waals surface area contributed by atoms with Crippen LogP contribution >= 0.6 is 0 Å². The van der Waals surface area contributed by atoms with E-state index in [-0.39, 0.29) is 0 Å². The van der Waals surface area contributed by atoms with E-state index in [1.54, 1.807) is 12.3 Å². The van der Waals surface area contributed by atoms with Crippen LogP contribution in [-0.2, 0) is 4.74 Å². The standard InChI is InChI=1S/C9H14N2O5/c12-4-5-6(13)7(14)8(15)9(16-5)11-3-1-2-10-11/h1-3,5-9,12-15H,4H2/t5-,6-,7+,8-,9-/m1/s1. The molecule has 1 aliphatic rings. The van der Waals surface area contributed by atoms with Gasteiger partial charge in [0.1, 0.15) is 24.4 Å². The van der Waals surface area contributed by atoms with Crippen LogP contribution in [-0.4, -0.2) is 61.2 Å². The third kappa shape index (κ3) is 1.83. The Bertz CT molecular complexity index is 329. The molecule has 7 heteroatoms. The smallest absolute Gasteiger partial charge is 0.179 e. The lowest BCUT2D eigenvalue weighted by Crippen LogP contribution is -2.56. The molecule has 0 bridgehead atoms. The predicted octanol–water partition coefficient (Wildman–Crippen LogP) is -2.14. The van der Waals surface area contributed by atoms with Crippen LogP contribution in [0.4, 0.5) is 0 Å². The summed E-state index contributed by atoms with van der Waals surface area (Å²) >= 11 is 0. The van der Waals surface area contributed by atoms with Crippen molar-refractivity contribution in [1.29, 1.82) is 0 Å². The molecule has 0 aromatic carbocycles. The summed E-state index contributed by atoms with van der Waals surface area (Å²) in [5.41, 5.74) is 0. The highest BCUT2D eigenvalue weighted by Gasteiger charge is 2.44. The van der Waals surface area contributed by atoms with Gasteiger partial charge in [0, 0.05) is 12.4 Å². The Morgan fingerprint density at radius 3 is 2.50 bits per heavy atom. The second kappa shape index (κ2) is 4.48. The van der Waals surface area contributed by atoms with E-state index in [0.717, 1.165) is 0 Å². The van der Waals surface area contributed by atoms with Crippen molar-refractivity contribution in [3.8, 4) is 0 Å². The minimum atomic E-state index is -1.37. The van der Waals surface area contributed by atoms with Gasteiger partial charge in [-0.2, -0.15) is 5.10 Å². The van der Waals surface area contributed by atoms with Gasteiger partial charge in [-0.25, -0.2) is 4.68 Å². The molecule has 90 valence electrons. The van der Waals surface area contributed by atoms with Crippen molar-refractivity contribution in [2.75, 3.05) is 6.61 Å². The average molecular weight is 230 g/mol. The quantitative estimate of drug-likeness (QED) is 0.461. The molecule has 0 amide bonds. The highest BCUT2D eigenvalue weighted by Crippen LogP contribution is 2.27. The van der Waals surface area contributed by atoms with Gasteiger partial charge in [-0.05, 0) is 6.07 Å². The van der Waals surface area contributed by atoms with E-state index in [2.05, 4.69) is 5.10 Å². The molecule has 0 spiro atoms. The zero-order valence-corrected chi connectivity index (χ0v) is 8.42. The first-order chi connectivity index (χ1) is 7.65. The van der Waals surface area contributed by atoms with E-state index in [9.17, 15) is 15.3 Å². The van der Waals surface area contributed by atoms with E-state index < -0.39 is 37.3 Å². The van der Waals surface area contributed by atoms with E-state index in [0.29, 0.717) is 0 Å². The first kappa shape index (κ1) is 11.5. The maximum absolute atomic E-state index is 9.72. The minimum absolute atomic E-state index is 0.442. The van der Waals surface area contributed by atoms with Crippen LogP contribution in [0.2, 0.25) is 0 Å². The Balaban J connectivity index is 2.20. The van der Waals surface area contributed by atoms with Crippen molar-refractivity contribution >= 4 is 0 Å². The summed E-state index contributed by atoms with van der Waals surface area (Å²) in [6.07, 6.45) is -2.77. The molecule has 7 nitrogen and oxygen atoms in total. The first-order valence-electron chi connectivity index (χ1n) is 4.95. The maximum atomic E-state index is 9.72. The van der Waals surface area contributed by atoms with Crippen LogP contribution < -0.4 is 0 Å². The fraction of sp³-hybridized carbons (Fsp3) is 0.667. The lowest BCUT2D eigenvalue weighted by atomic mass is 9.98.